The number of thiazole rings is 1. The van der Waals surface area contributed by atoms with Gasteiger partial charge >= 0.3 is 0 Å². The van der Waals surface area contributed by atoms with Crippen molar-refractivity contribution < 1.29 is 9.59 Å². The fourth-order valence-corrected chi connectivity index (χ4v) is 3.37. The van der Waals surface area contributed by atoms with E-state index in [0.29, 0.717) is 5.13 Å². The molecule has 0 saturated heterocycles. The number of benzene rings is 1. The molecule has 2 amide bonds. The molecule has 0 radical (unpaired) electrons. The molecule has 1 heterocycles. The number of nitrogens with zero attached hydrogens (tertiary/aromatic N) is 1. The number of aryl methyl sites for hydroxylation is 2. The predicted octanol–water partition coefficient (Wildman–Crippen LogP) is 3.81. The van der Waals surface area contributed by atoms with E-state index in [4.69, 9.17) is 0 Å². The van der Waals surface area contributed by atoms with Gasteiger partial charge in [-0.25, -0.2) is 4.98 Å². The smallest absolute Gasteiger partial charge is 0.248 e. The molecule has 0 saturated carbocycles. The third-order valence-corrected chi connectivity index (χ3v) is 4.95. The number of amides is 2. The summed E-state index contributed by atoms with van der Waals surface area (Å²) in [6.07, 6.45) is 5.97. The van der Waals surface area contributed by atoms with E-state index in [1.54, 1.807) is 13.0 Å². The van der Waals surface area contributed by atoms with Crippen LogP contribution in [0.3, 0.4) is 0 Å². The van der Waals surface area contributed by atoms with E-state index in [-0.39, 0.29) is 11.8 Å². The number of carbonyl (C=O) groups is 2. The van der Waals surface area contributed by atoms with Crippen LogP contribution in [0.15, 0.2) is 36.4 Å². The van der Waals surface area contributed by atoms with Crippen molar-refractivity contribution in [2.75, 3.05) is 5.32 Å². The third kappa shape index (κ3) is 5.81. The zero-order chi connectivity index (χ0) is 18.9. The molecule has 1 unspecified atom stereocenters. The highest BCUT2D eigenvalue weighted by Crippen LogP contribution is 2.24. The maximum atomic E-state index is 12.3. The molecule has 0 aliphatic carbocycles. The van der Waals surface area contributed by atoms with Crippen LogP contribution < -0.4 is 10.6 Å². The van der Waals surface area contributed by atoms with Crippen molar-refractivity contribution in [3.63, 3.8) is 0 Å². The summed E-state index contributed by atoms with van der Waals surface area (Å²) >= 11 is 1.50. The summed E-state index contributed by atoms with van der Waals surface area (Å²) in [5, 5.41) is 6.07. The molecule has 0 aliphatic rings. The third-order valence-electron chi connectivity index (χ3n) is 3.80. The lowest BCUT2D eigenvalue weighted by Crippen LogP contribution is -2.40. The lowest BCUT2D eigenvalue weighted by molar-refractivity contribution is -0.123. The summed E-state index contributed by atoms with van der Waals surface area (Å²) in [6, 6.07) is 8.88. The van der Waals surface area contributed by atoms with Crippen molar-refractivity contribution in [3.05, 3.63) is 52.5 Å². The van der Waals surface area contributed by atoms with Gasteiger partial charge in [0, 0.05) is 11.0 Å². The first-order chi connectivity index (χ1) is 12.5. The Morgan fingerprint density at radius 2 is 1.96 bits per heavy atom. The molecule has 26 heavy (non-hydrogen) atoms. The van der Waals surface area contributed by atoms with Gasteiger partial charge in [0.05, 0.1) is 5.69 Å². The van der Waals surface area contributed by atoms with E-state index in [1.807, 2.05) is 30.3 Å². The van der Waals surface area contributed by atoms with Gasteiger partial charge in [0.15, 0.2) is 5.13 Å². The van der Waals surface area contributed by atoms with Crippen LogP contribution in [-0.4, -0.2) is 22.8 Å². The highest BCUT2D eigenvalue weighted by molar-refractivity contribution is 7.15. The van der Waals surface area contributed by atoms with Crippen molar-refractivity contribution in [1.82, 2.24) is 10.3 Å². The summed E-state index contributed by atoms with van der Waals surface area (Å²) in [6.45, 7) is 5.85. The quantitative estimate of drug-likeness (QED) is 0.693. The van der Waals surface area contributed by atoms with Crippen molar-refractivity contribution in [1.29, 1.82) is 0 Å². The second-order valence-electron chi connectivity index (χ2n) is 5.96. The van der Waals surface area contributed by atoms with E-state index in [1.165, 1.54) is 22.3 Å². The molecule has 0 fully saturated rings. The SMILES string of the molecule is CCCc1nc(NC(=O)C(C)NC(=O)/C=C/c2ccccc2)sc1CC. The van der Waals surface area contributed by atoms with Crippen LogP contribution in [0.4, 0.5) is 5.13 Å². The van der Waals surface area contributed by atoms with E-state index < -0.39 is 6.04 Å². The molecule has 2 rings (SSSR count). The molecule has 1 atom stereocenters. The van der Waals surface area contributed by atoms with Gasteiger partial charge in [0.25, 0.3) is 0 Å². The van der Waals surface area contributed by atoms with Crippen LogP contribution in [-0.2, 0) is 22.4 Å². The van der Waals surface area contributed by atoms with Crippen LogP contribution >= 0.6 is 11.3 Å². The minimum absolute atomic E-state index is 0.272. The minimum Gasteiger partial charge on any atom is -0.341 e. The number of hydrogen-bond acceptors (Lipinski definition) is 4. The molecule has 2 N–H and O–H groups in total. The Balaban J connectivity index is 1.91. The highest BCUT2D eigenvalue weighted by atomic mass is 32.1. The van der Waals surface area contributed by atoms with E-state index in [9.17, 15) is 9.59 Å². The van der Waals surface area contributed by atoms with Gasteiger partial charge in [-0.3, -0.25) is 9.59 Å². The first-order valence-electron chi connectivity index (χ1n) is 8.86. The second kappa shape index (κ2) is 9.87. The summed E-state index contributed by atoms with van der Waals surface area (Å²) < 4.78 is 0. The average molecular weight is 372 g/mol. The van der Waals surface area contributed by atoms with Crippen LogP contribution in [0.25, 0.3) is 6.08 Å². The number of rotatable bonds is 8. The molecule has 2 aromatic rings. The molecule has 5 nitrogen and oxygen atoms in total. The number of anilines is 1. The van der Waals surface area contributed by atoms with Crippen LogP contribution in [0, 0.1) is 0 Å². The summed E-state index contributed by atoms with van der Waals surface area (Å²) in [5.74, 6) is -0.581. The standard InChI is InChI=1S/C20H25N3O2S/c1-4-9-16-17(5-2)26-20(22-16)23-19(25)14(3)21-18(24)13-12-15-10-7-6-8-11-15/h6-8,10-14H,4-5,9H2,1-3H3,(H,21,24)(H,22,23,25)/b13-12+. The molecule has 6 heteroatoms. The molecule has 0 aliphatic heterocycles. The first kappa shape index (κ1) is 19.8. The first-order valence-corrected chi connectivity index (χ1v) is 9.68. The maximum absolute atomic E-state index is 12.3. The summed E-state index contributed by atoms with van der Waals surface area (Å²) in [5.41, 5.74) is 1.98. The number of aromatic nitrogens is 1. The normalized spacial score (nSPS) is 12.1. The molecular weight excluding hydrogens is 346 g/mol. The van der Waals surface area contributed by atoms with E-state index in [2.05, 4.69) is 29.5 Å². The Morgan fingerprint density at radius 3 is 2.62 bits per heavy atom. The van der Waals surface area contributed by atoms with E-state index >= 15 is 0 Å². The molecule has 1 aromatic heterocycles. The fourth-order valence-electron chi connectivity index (χ4n) is 2.42. The van der Waals surface area contributed by atoms with Crippen molar-refractivity contribution in [2.24, 2.45) is 0 Å². The number of nitrogens with one attached hydrogen (secondary N) is 2. The Labute approximate surface area is 158 Å². The average Bonchev–Trinajstić information content (AvgIpc) is 3.02. The Kier molecular flexibility index (Phi) is 7.53. The molecule has 1 aromatic carbocycles. The van der Waals surface area contributed by atoms with Crippen molar-refractivity contribution in [2.45, 2.75) is 46.1 Å². The van der Waals surface area contributed by atoms with Gasteiger partial charge in [-0.2, -0.15) is 0 Å². The Morgan fingerprint density at radius 1 is 1.23 bits per heavy atom. The van der Waals surface area contributed by atoms with Crippen LogP contribution in [0.2, 0.25) is 0 Å². The molecule has 138 valence electrons. The molecule has 0 bridgehead atoms. The number of carbonyl (C=O) groups excluding carboxylic acids is 2. The van der Waals surface area contributed by atoms with Gasteiger partial charge in [-0.05, 0) is 31.4 Å². The lowest BCUT2D eigenvalue weighted by Gasteiger charge is -2.11. The maximum Gasteiger partial charge on any atom is 0.248 e. The second-order valence-corrected chi connectivity index (χ2v) is 7.04. The van der Waals surface area contributed by atoms with Crippen molar-refractivity contribution >= 4 is 34.4 Å². The largest absolute Gasteiger partial charge is 0.341 e. The van der Waals surface area contributed by atoms with Crippen molar-refractivity contribution in [3.8, 4) is 0 Å². The van der Waals surface area contributed by atoms with Gasteiger partial charge in [-0.15, -0.1) is 11.3 Å². The fraction of sp³-hybridized carbons (Fsp3) is 0.350. The summed E-state index contributed by atoms with van der Waals surface area (Å²) in [7, 11) is 0. The summed E-state index contributed by atoms with van der Waals surface area (Å²) in [4.78, 5) is 30.0. The topological polar surface area (TPSA) is 71.1 Å². The van der Waals surface area contributed by atoms with Gasteiger partial charge in [0.1, 0.15) is 6.04 Å². The lowest BCUT2D eigenvalue weighted by atomic mass is 10.2. The van der Waals surface area contributed by atoms with E-state index in [0.717, 1.165) is 30.5 Å². The highest BCUT2D eigenvalue weighted by Gasteiger charge is 2.17. The molecule has 0 spiro atoms. The predicted molar refractivity (Wildman–Crippen MR) is 107 cm³/mol. The van der Waals surface area contributed by atoms with Gasteiger partial charge < -0.3 is 10.6 Å². The monoisotopic (exact) mass is 371 g/mol. The Hall–Kier alpha value is -2.47. The zero-order valence-corrected chi connectivity index (χ0v) is 16.2. The molecular formula is C20H25N3O2S. The van der Waals surface area contributed by atoms with Crippen LogP contribution in [0.1, 0.15) is 43.3 Å². The van der Waals surface area contributed by atoms with Gasteiger partial charge in [0.2, 0.25) is 11.8 Å². The number of hydrogen-bond donors (Lipinski definition) is 2. The Bertz CT molecular complexity index is 769. The zero-order valence-electron chi connectivity index (χ0n) is 15.4. The minimum atomic E-state index is -0.647. The van der Waals surface area contributed by atoms with Crippen LogP contribution in [0.5, 0.6) is 0 Å². The van der Waals surface area contributed by atoms with Gasteiger partial charge in [-0.1, -0.05) is 50.6 Å².